The molecule has 2 aromatic heterocycles. The summed E-state index contributed by atoms with van der Waals surface area (Å²) in [5, 5.41) is 21.3. The fraction of sp³-hybridized carbons (Fsp3) is 0.619. The highest BCUT2D eigenvalue weighted by Crippen LogP contribution is 2.19. The molecule has 0 saturated carbocycles. The first kappa shape index (κ1) is 27.7. The van der Waals surface area contributed by atoms with Crippen LogP contribution in [0.5, 0.6) is 0 Å². The Kier molecular flexibility index (Phi) is 9.31. The number of fused-ring (bicyclic) bond motifs is 1. The maximum absolute atomic E-state index is 12.6. The van der Waals surface area contributed by atoms with Crippen molar-refractivity contribution in [3.63, 3.8) is 0 Å². The number of rotatable bonds is 11. The van der Waals surface area contributed by atoms with Gasteiger partial charge in [-0.1, -0.05) is 13.8 Å². The summed E-state index contributed by atoms with van der Waals surface area (Å²) < 4.78 is 3.88. The number of nitrogens with one attached hydrogen (secondary N) is 1. The minimum Gasteiger partial charge on any atom is -0.396 e. The van der Waals surface area contributed by atoms with E-state index in [9.17, 15) is 29.1 Å². The van der Waals surface area contributed by atoms with Gasteiger partial charge >= 0.3 is 17.6 Å². The molecule has 0 aliphatic rings. The SMILES string of the molecule is Cn1cnc2c1c(=O)n(CCCCC(=O)OOC(=O)CCNC(=O)[C@H](O)C(C)(C)CO)c(=O)n2C. The van der Waals surface area contributed by atoms with Crippen LogP contribution in [0.3, 0.4) is 0 Å². The second-order valence-corrected chi connectivity index (χ2v) is 8.78. The van der Waals surface area contributed by atoms with E-state index in [0.29, 0.717) is 11.9 Å². The number of unbranched alkanes of at least 4 members (excludes halogenated alkanes) is 1. The molecule has 0 aromatic carbocycles. The van der Waals surface area contributed by atoms with Crippen molar-refractivity contribution >= 4 is 29.0 Å². The average Bonchev–Trinajstić information content (AvgIpc) is 3.21. The fourth-order valence-corrected chi connectivity index (χ4v) is 3.13. The molecular weight excluding hydrogens is 466 g/mol. The zero-order valence-corrected chi connectivity index (χ0v) is 20.1. The van der Waals surface area contributed by atoms with E-state index in [1.807, 2.05) is 0 Å². The predicted molar refractivity (Wildman–Crippen MR) is 121 cm³/mol. The zero-order chi connectivity index (χ0) is 26.3. The topological polar surface area (TPSA) is 184 Å². The van der Waals surface area contributed by atoms with Gasteiger partial charge in [0.1, 0.15) is 6.10 Å². The molecule has 0 spiro atoms. The summed E-state index contributed by atoms with van der Waals surface area (Å²) >= 11 is 0. The largest absolute Gasteiger partial charge is 0.396 e. The third kappa shape index (κ3) is 6.76. The molecule has 1 amide bonds. The van der Waals surface area contributed by atoms with Crippen molar-refractivity contribution in [2.75, 3.05) is 13.2 Å². The molecule has 0 unspecified atom stereocenters. The van der Waals surface area contributed by atoms with Gasteiger partial charge < -0.3 is 20.1 Å². The molecule has 14 heteroatoms. The van der Waals surface area contributed by atoms with Gasteiger partial charge in [0.2, 0.25) is 5.91 Å². The predicted octanol–water partition coefficient (Wildman–Crippen LogP) is -1.51. The van der Waals surface area contributed by atoms with E-state index in [4.69, 9.17) is 5.11 Å². The highest BCUT2D eigenvalue weighted by Gasteiger charge is 2.32. The van der Waals surface area contributed by atoms with E-state index < -0.39 is 47.2 Å². The summed E-state index contributed by atoms with van der Waals surface area (Å²) in [6.45, 7) is 2.51. The van der Waals surface area contributed by atoms with Crippen LogP contribution in [-0.4, -0.2) is 66.0 Å². The quantitative estimate of drug-likeness (QED) is 0.187. The van der Waals surface area contributed by atoms with Crippen molar-refractivity contribution in [2.24, 2.45) is 19.5 Å². The molecule has 2 aromatic rings. The molecule has 14 nitrogen and oxygen atoms in total. The number of carbonyl (C=O) groups is 3. The summed E-state index contributed by atoms with van der Waals surface area (Å²) in [6.07, 6.45) is 0.138. The Hall–Kier alpha value is -3.52. The van der Waals surface area contributed by atoms with Crippen LogP contribution in [-0.2, 0) is 44.8 Å². The van der Waals surface area contributed by atoms with Crippen LogP contribution >= 0.6 is 0 Å². The molecule has 1 atom stereocenters. The van der Waals surface area contributed by atoms with Gasteiger partial charge in [0.15, 0.2) is 11.2 Å². The molecule has 0 radical (unpaired) electrons. The number of aliphatic hydroxyl groups excluding tert-OH is 2. The minimum absolute atomic E-state index is 0.0817. The second-order valence-electron chi connectivity index (χ2n) is 8.78. The third-order valence-electron chi connectivity index (χ3n) is 5.47. The summed E-state index contributed by atoms with van der Waals surface area (Å²) in [5.74, 6) is -2.48. The Balaban J connectivity index is 1.72. The van der Waals surface area contributed by atoms with Gasteiger partial charge in [0.25, 0.3) is 5.56 Å². The number of amides is 1. The van der Waals surface area contributed by atoms with E-state index in [-0.39, 0.29) is 38.0 Å². The summed E-state index contributed by atoms with van der Waals surface area (Å²) in [6, 6.07) is 0. The number of aromatic nitrogens is 4. The van der Waals surface area contributed by atoms with Gasteiger partial charge in [0.05, 0.1) is 25.8 Å². The van der Waals surface area contributed by atoms with Crippen LogP contribution in [0.4, 0.5) is 0 Å². The smallest absolute Gasteiger partial charge is 0.357 e. The number of nitrogens with zero attached hydrogens (tertiary/aromatic N) is 4. The lowest BCUT2D eigenvalue weighted by atomic mass is 9.87. The number of aryl methyl sites for hydroxylation is 2. The zero-order valence-electron chi connectivity index (χ0n) is 20.1. The first-order chi connectivity index (χ1) is 16.4. The highest BCUT2D eigenvalue weighted by molar-refractivity contribution is 5.82. The van der Waals surface area contributed by atoms with Crippen LogP contribution in [0.1, 0.15) is 39.5 Å². The Morgan fingerprint density at radius 1 is 1.11 bits per heavy atom. The van der Waals surface area contributed by atoms with Crippen molar-refractivity contribution in [1.82, 2.24) is 24.0 Å². The van der Waals surface area contributed by atoms with Gasteiger partial charge in [-0.3, -0.25) is 18.7 Å². The van der Waals surface area contributed by atoms with Gasteiger partial charge in [-0.25, -0.2) is 29.1 Å². The third-order valence-corrected chi connectivity index (χ3v) is 5.47. The van der Waals surface area contributed by atoms with Gasteiger partial charge in [-0.2, -0.15) is 0 Å². The molecule has 0 bridgehead atoms. The standard InChI is InChI=1S/C21H31N5O9/c1-21(2,11-27)16(30)18(31)22-9-8-14(29)35-34-13(28)7-5-6-10-26-19(32)15-17(23-12-24(15)3)25(4)20(26)33/h12,16,27,30H,5-11H2,1-4H3,(H,22,31)/t16-/m0/s1. The lowest BCUT2D eigenvalue weighted by Gasteiger charge is -2.26. The molecular formula is C21H31N5O9. The maximum atomic E-state index is 12.6. The Morgan fingerprint density at radius 2 is 1.74 bits per heavy atom. The first-order valence-electron chi connectivity index (χ1n) is 11.0. The molecule has 194 valence electrons. The van der Waals surface area contributed by atoms with E-state index in [1.165, 1.54) is 36.4 Å². The first-order valence-corrected chi connectivity index (χ1v) is 11.0. The van der Waals surface area contributed by atoms with Crippen LogP contribution in [0.15, 0.2) is 15.9 Å². The molecule has 3 N–H and O–H groups in total. The van der Waals surface area contributed by atoms with Crippen molar-refractivity contribution in [2.45, 2.75) is 52.2 Å². The lowest BCUT2D eigenvalue weighted by Crippen LogP contribution is -2.46. The molecule has 2 rings (SSSR count). The van der Waals surface area contributed by atoms with E-state index in [0.717, 1.165) is 4.57 Å². The number of carbonyl (C=O) groups excluding carboxylic acids is 3. The van der Waals surface area contributed by atoms with Gasteiger partial charge in [0, 0.05) is 32.6 Å². The molecule has 35 heavy (non-hydrogen) atoms. The Bertz CT molecular complexity index is 1190. The second kappa shape index (κ2) is 11.8. The fourth-order valence-electron chi connectivity index (χ4n) is 3.13. The molecule has 0 aliphatic heterocycles. The van der Waals surface area contributed by atoms with Crippen molar-refractivity contribution in [1.29, 1.82) is 0 Å². The van der Waals surface area contributed by atoms with E-state index >= 15 is 0 Å². The molecule has 0 aliphatic carbocycles. The number of hydrogen-bond acceptors (Lipinski definition) is 10. The monoisotopic (exact) mass is 497 g/mol. The van der Waals surface area contributed by atoms with Crippen LogP contribution in [0, 0.1) is 5.41 Å². The summed E-state index contributed by atoms with van der Waals surface area (Å²) in [7, 11) is 3.17. The van der Waals surface area contributed by atoms with Crippen LogP contribution in [0.25, 0.3) is 11.2 Å². The van der Waals surface area contributed by atoms with Gasteiger partial charge in [-0.15, -0.1) is 0 Å². The Morgan fingerprint density at radius 3 is 2.37 bits per heavy atom. The van der Waals surface area contributed by atoms with Crippen molar-refractivity contribution < 1.29 is 34.4 Å². The van der Waals surface area contributed by atoms with Crippen LogP contribution < -0.4 is 16.6 Å². The van der Waals surface area contributed by atoms with Crippen LogP contribution in [0.2, 0.25) is 0 Å². The molecule has 0 saturated heterocycles. The summed E-state index contributed by atoms with van der Waals surface area (Å²) in [4.78, 5) is 73.2. The number of aliphatic hydroxyl groups is 2. The van der Waals surface area contributed by atoms with Gasteiger partial charge in [-0.05, 0) is 12.8 Å². The minimum atomic E-state index is -1.47. The Labute approximate surface area is 200 Å². The van der Waals surface area contributed by atoms with E-state index in [1.54, 1.807) is 7.05 Å². The molecule has 2 heterocycles. The van der Waals surface area contributed by atoms with E-state index in [2.05, 4.69) is 20.1 Å². The number of hydrogen-bond donors (Lipinski definition) is 3. The highest BCUT2D eigenvalue weighted by atomic mass is 17.2. The van der Waals surface area contributed by atoms with Crippen molar-refractivity contribution in [3.05, 3.63) is 27.2 Å². The number of imidazole rings is 1. The summed E-state index contributed by atoms with van der Waals surface area (Å²) in [5.41, 5.74) is -1.46. The molecule has 0 fully saturated rings. The van der Waals surface area contributed by atoms with Crippen molar-refractivity contribution in [3.8, 4) is 0 Å². The maximum Gasteiger partial charge on any atom is 0.357 e. The normalized spacial score (nSPS) is 12.4. The average molecular weight is 498 g/mol. The lowest BCUT2D eigenvalue weighted by molar-refractivity contribution is -0.259.